The number of hydrogen-bond donors (Lipinski definition) is 0. The van der Waals surface area contributed by atoms with Gasteiger partial charge in [0, 0.05) is 17.0 Å². The van der Waals surface area contributed by atoms with E-state index < -0.39 is 0 Å². The lowest BCUT2D eigenvalue weighted by Crippen LogP contribution is -1.96. The minimum atomic E-state index is -0.336. The van der Waals surface area contributed by atoms with E-state index in [1.54, 1.807) is 12.1 Å². The first kappa shape index (κ1) is 10.2. The molecule has 0 amide bonds. The lowest BCUT2D eigenvalue weighted by atomic mass is 10.1. The number of hydrogen-bond acceptors (Lipinski definition) is 2. The van der Waals surface area contributed by atoms with Crippen LogP contribution in [0, 0.1) is 17.0 Å². The number of benzene rings is 1. The zero-order valence-corrected chi connectivity index (χ0v) is 8.87. The molecular weight excluding hydrogens is 234 g/mol. The van der Waals surface area contributed by atoms with E-state index in [4.69, 9.17) is 0 Å². The molecule has 1 aromatic rings. The van der Waals surface area contributed by atoms with E-state index in [0.29, 0.717) is 6.42 Å². The Hall–Kier alpha value is -0.900. The second-order valence-corrected chi connectivity index (χ2v) is 3.62. The summed E-state index contributed by atoms with van der Waals surface area (Å²) < 4.78 is 0. The summed E-state index contributed by atoms with van der Waals surface area (Å²) in [4.78, 5) is 10.3. The van der Waals surface area contributed by atoms with Crippen molar-refractivity contribution in [3.63, 3.8) is 0 Å². The molecule has 0 aliphatic carbocycles. The van der Waals surface area contributed by atoms with E-state index in [-0.39, 0.29) is 10.6 Å². The van der Waals surface area contributed by atoms with E-state index in [9.17, 15) is 10.1 Å². The van der Waals surface area contributed by atoms with Gasteiger partial charge in [-0.25, -0.2) is 0 Å². The van der Waals surface area contributed by atoms with Gasteiger partial charge in [-0.2, -0.15) is 0 Å². The summed E-state index contributed by atoms with van der Waals surface area (Å²) in [6.07, 6.45) is 0.692. The van der Waals surface area contributed by atoms with Gasteiger partial charge in [-0.3, -0.25) is 10.1 Å². The predicted octanol–water partition coefficient (Wildman–Crippen LogP) is 2.84. The summed E-state index contributed by atoms with van der Waals surface area (Å²) in [5.74, 6) is 0. The van der Waals surface area contributed by atoms with Crippen LogP contribution in [0.15, 0.2) is 18.2 Å². The van der Waals surface area contributed by atoms with E-state index in [1.807, 2.05) is 13.0 Å². The molecule has 0 heterocycles. The van der Waals surface area contributed by atoms with Crippen LogP contribution in [0.3, 0.4) is 0 Å². The van der Waals surface area contributed by atoms with Gasteiger partial charge in [0.15, 0.2) is 0 Å². The SMILES string of the molecule is Cc1ccc([N+](=O)[O-])c(CCBr)c1. The summed E-state index contributed by atoms with van der Waals surface area (Å²) in [5, 5.41) is 11.3. The van der Waals surface area contributed by atoms with Gasteiger partial charge in [-0.15, -0.1) is 0 Å². The molecule has 4 heteroatoms. The summed E-state index contributed by atoms with van der Waals surface area (Å²) >= 11 is 3.27. The first-order valence-corrected chi connectivity index (χ1v) is 5.07. The molecule has 0 aliphatic rings. The molecule has 70 valence electrons. The molecule has 0 bridgehead atoms. The number of alkyl halides is 1. The molecule has 0 N–H and O–H groups in total. The third-order valence-electron chi connectivity index (χ3n) is 1.80. The summed E-state index contributed by atoms with van der Waals surface area (Å²) in [5.41, 5.74) is 2.06. The van der Waals surface area contributed by atoms with Gasteiger partial charge in [0.05, 0.1) is 4.92 Å². The van der Waals surface area contributed by atoms with Crippen LogP contribution in [0.5, 0.6) is 0 Å². The maximum absolute atomic E-state index is 10.6. The fourth-order valence-electron chi connectivity index (χ4n) is 1.19. The van der Waals surface area contributed by atoms with Crippen LogP contribution >= 0.6 is 15.9 Å². The van der Waals surface area contributed by atoms with Crippen molar-refractivity contribution in [2.75, 3.05) is 5.33 Å². The van der Waals surface area contributed by atoms with Crippen molar-refractivity contribution in [2.24, 2.45) is 0 Å². The maximum atomic E-state index is 10.6. The average molecular weight is 244 g/mol. The first-order valence-electron chi connectivity index (χ1n) is 3.95. The summed E-state index contributed by atoms with van der Waals surface area (Å²) in [6, 6.07) is 5.18. The highest BCUT2D eigenvalue weighted by Gasteiger charge is 2.11. The summed E-state index contributed by atoms with van der Waals surface area (Å²) in [7, 11) is 0. The third kappa shape index (κ3) is 2.52. The molecule has 13 heavy (non-hydrogen) atoms. The molecule has 0 radical (unpaired) electrons. The molecule has 0 saturated carbocycles. The van der Waals surface area contributed by atoms with Crippen molar-refractivity contribution in [3.05, 3.63) is 39.4 Å². The van der Waals surface area contributed by atoms with Crippen LogP contribution in [0.25, 0.3) is 0 Å². The second kappa shape index (κ2) is 4.37. The number of aryl methyl sites for hydroxylation is 2. The average Bonchev–Trinajstić information content (AvgIpc) is 2.04. The predicted molar refractivity (Wildman–Crippen MR) is 55.3 cm³/mol. The number of halogens is 1. The molecule has 0 saturated heterocycles. The standard InChI is InChI=1S/C9H10BrNO2/c1-7-2-3-9(11(12)13)8(6-7)4-5-10/h2-3,6H,4-5H2,1H3. The van der Waals surface area contributed by atoms with Crippen LogP contribution in [0.2, 0.25) is 0 Å². The monoisotopic (exact) mass is 243 g/mol. The largest absolute Gasteiger partial charge is 0.272 e. The normalized spacial score (nSPS) is 10.0. The molecule has 0 fully saturated rings. The van der Waals surface area contributed by atoms with E-state index >= 15 is 0 Å². The van der Waals surface area contributed by atoms with E-state index in [2.05, 4.69) is 15.9 Å². The Morgan fingerprint density at radius 2 is 2.23 bits per heavy atom. The smallest absolute Gasteiger partial charge is 0.258 e. The Kier molecular flexibility index (Phi) is 3.42. The van der Waals surface area contributed by atoms with Crippen molar-refractivity contribution in [3.8, 4) is 0 Å². The Labute approximate surface area is 85.0 Å². The van der Waals surface area contributed by atoms with Crippen LogP contribution in [-0.4, -0.2) is 10.3 Å². The quantitative estimate of drug-likeness (QED) is 0.466. The van der Waals surface area contributed by atoms with Crippen molar-refractivity contribution >= 4 is 21.6 Å². The Morgan fingerprint density at radius 3 is 2.77 bits per heavy atom. The van der Waals surface area contributed by atoms with Gasteiger partial charge in [-0.05, 0) is 19.4 Å². The van der Waals surface area contributed by atoms with Crippen molar-refractivity contribution in [1.82, 2.24) is 0 Å². The van der Waals surface area contributed by atoms with Gasteiger partial charge in [0.1, 0.15) is 0 Å². The molecule has 0 unspecified atom stereocenters. The second-order valence-electron chi connectivity index (χ2n) is 2.83. The highest BCUT2D eigenvalue weighted by atomic mass is 79.9. The molecule has 0 aliphatic heterocycles. The molecule has 0 aromatic heterocycles. The number of rotatable bonds is 3. The Bertz CT molecular complexity index is 325. The van der Waals surface area contributed by atoms with Crippen LogP contribution in [-0.2, 0) is 6.42 Å². The lowest BCUT2D eigenvalue weighted by Gasteiger charge is -2.01. The van der Waals surface area contributed by atoms with Gasteiger partial charge >= 0.3 is 0 Å². The lowest BCUT2D eigenvalue weighted by molar-refractivity contribution is -0.385. The zero-order valence-electron chi connectivity index (χ0n) is 7.29. The van der Waals surface area contributed by atoms with E-state index in [1.165, 1.54) is 0 Å². The van der Waals surface area contributed by atoms with Gasteiger partial charge < -0.3 is 0 Å². The van der Waals surface area contributed by atoms with Crippen LogP contribution in [0.1, 0.15) is 11.1 Å². The molecule has 1 aromatic carbocycles. The molecule has 3 nitrogen and oxygen atoms in total. The Morgan fingerprint density at radius 1 is 1.54 bits per heavy atom. The molecule has 0 atom stereocenters. The zero-order chi connectivity index (χ0) is 9.84. The van der Waals surface area contributed by atoms with Crippen molar-refractivity contribution < 1.29 is 4.92 Å². The highest BCUT2D eigenvalue weighted by Crippen LogP contribution is 2.20. The van der Waals surface area contributed by atoms with E-state index in [0.717, 1.165) is 16.5 Å². The van der Waals surface area contributed by atoms with Gasteiger partial charge in [0.2, 0.25) is 0 Å². The minimum Gasteiger partial charge on any atom is -0.258 e. The first-order chi connectivity index (χ1) is 6.15. The summed E-state index contributed by atoms with van der Waals surface area (Å²) in [6.45, 7) is 1.93. The fourth-order valence-corrected chi connectivity index (χ4v) is 1.62. The maximum Gasteiger partial charge on any atom is 0.272 e. The highest BCUT2D eigenvalue weighted by molar-refractivity contribution is 9.09. The molecule has 0 spiro atoms. The topological polar surface area (TPSA) is 43.1 Å². The van der Waals surface area contributed by atoms with Crippen molar-refractivity contribution in [2.45, 2.75) is 13.3 Å². The molecule has 1 rings (SSSR count). The van der Waals surface area contributed by atoms with Gasteiger partial charge in [0.25, 0.3) is 5.69 Å². The number of nitro benzene ring substituents is 1. The Balaban J connectivity index is 3.10. The van der Waals surface area contributed by atoms with Crippen LogP contribution in [0.4, 0.5) is 5.69 Å². The third-order valence-corrected chi connectivity index (χ3v) is 2.19. The molecular formula is C9H10BrNO2. The van der Waals surface area contributed by atoms with Crippen LogP contribution < -0.4 is 0 Å². The number of nitrogens with zero attached hydrogens (tertiary/aromatic N) is 1. The minimum absolute atomic E-state index is 0.213. The number of nitro groups is 1. The van der Waals surface area contributed by atoms with Gasteiger partial charge in [-0.1, -0.05) is 27.6 Å². The van der Waals surface area contributed by atoms with Crippen molar-refractivity contribution in [1.29, 1.82) is 0 Å². The fraction of sp³-hybridized carbons (Fsp3) is 0.333.